The Hall–Kier alpha value is -2.56. The summed E-state index contributed by atoms with van der Waals surface area (Å²) in [7, 11) is 3.10. The third kappa shape index (κ3) is 4.22. The number of hydrogen-bond donors (Lipinski definition) is 1. The molecule has 2 aromatic rings. The highest BCUT2D eigenvalue weighted by Gasteiger charge is 2.14. The minimum Gasteiger partial charge on any atom is -0.493 e. The highest BCUT2D eigenvalue weighted by atomic mass is 19.1. The van der Waals surface area contributed by atoms with Gasteiger partial charge in [-0.1, -0.05) is 24.3 Å². The minimum atomic E-state index is -0.399. The van der Waals surface area contributed by atoms with Gasteiger partial charge in [-0.3, -0.25) is 4.79 Å². The molecule has 1 atom stereocenters. The predicted molar refractivity (Wildman–Crippen MR) is 86.2 cm³/mol. The number of carbonyl (C=O) groups is 1. The molecular formula is C18H20FNO3. The van der Waals surface area contributed by atoms with Crippen LogP contribution in [0.2, 0.25) is 0 Å². The zero-order chi connectivity index (χ0) is 16.8. The predicted octanol–water partition coefficient (Wildman–Crippen LogP) is 3.26. The summed E-state index contributed by atoms with van der Waals surface area (Å²) in [6.45, 7) is 1.75. The Balaban J connectivity index is 2.03. The van der Waals surface area contributed by atoms with Crippen molar-refractivity contribution in [2.24, 2.45) is 0 Å². The Bertz CT molecular complexity index is 688. The first-order valence-corrected chi connectivity index (χ1v) is 7.30. The third-order valence-electron chi connectivity index (χ3n) is 3.56. The summed E-state index contributed by atoms with van der Waals surface area (Å²) < 4.78 is 24.1. The first-order chi connectivity index (χ1) is 11.0. The molecule has 0 saturated heterocycles. The van der Waals surface area contributed by atoms with E-state index in [1.165, 1.54) is 6.07 Å². The van der Waals surface area contributed by atoms with E-state index in [-0.39, 0.29) is 18.1 Å². The highest BCUT2D eigenvalue weighted by Crippen LogP contribution is 2.27. The van der Waals surface area contributed by atoms with E-state index in [0.717, 1.165) is 5.56 Å². The lowest BCUT2D eigenvalue weighted by Gasteiger charge is -2.15. The van der Waals surface area contributed by atoms with Gasteiger partial charge in [-0.05, 0) is 30.7 Å². The monoisotopic (exact) mass is 317 g/mol. The molecule has 1 amide bonds. The van der Waals surface area contributed by atoms with E-state index in [9.17, 15) is 9.18 Å². The Morgan fingerprint density at radius 2 is 1.83 bits per heavy atom. The van der Waals surface area contributed by atoms with Crippen molar-refractivity contribution in [3.63, 3.8) is 0 Å². The number of nitrogens with one attached hydrogen (secondary N) is 1. The average molecular weight is 317 g/mol. The fourth-order valence-electron chi connectivity index (χ4n) is 2.37. The first kappa shape index (κ1) is 16.8. The van der Waals surface area contributed by atoms with Gasteiger partial charge < -0.3 is 14.8 Å². The van der Waals surface area contributed by atoms with Crippen LogP contribution in [0.5, 0.6) is 11.5 Å². The van der Waals surface area contributed by atoms with Crippen LogP contribution >= 0.6 is 0 Å². The zero-order valence-corrected chi connectivity index (χ0v) is 13.4. The number of carbonyl (C=O) groups excluding carboxylic acids is 1. The summed E-state index contributed by atoms with van der Waals surface area (Å²) in [5, 5.41) is 2.80. The molecule has 2 aromatic carbocycles. The molecule has 0 spiro atoms. The maximum atomic E-state index is 13.7. The normalized spacial score (nSPS) is 11.7. The first-order valence-electron chi connectivity index (χ1n) is 7.30. The van der Waals surface area contributed by atoms with Crippen LogP contribution in [0.3, 0.4) is 0 Å². The van der Waals surface area contributed by atoms with Crippen LogP contribution in [0.4, 0.5) is 4.39 Å². The van der Waals surface area contributed by atoms with Crippen molar-refractivity contribution in [2.45, 2.75) is 19.4 Å². The quantitative estimate of drug-likeness (QED) is 0.889. The van der Waals surface area contributed by atoms with Crippen LogP contribution in [-0.2, 0) is 11.2 Å². The molecule has 2 rings (SSSR count). The molecule has 23 heavy (non-hydrogen) atoms. The van der Waals surface area contributed by atoms with Gasteiger partial charge in [0.15, 0.2) is 11.5 Å². The lowest BCUT2D eigenvalue weighted by Crippen LogP contribution is -2.28. The highest BCUT2D eigenvalue weighted by molar-refractivity contribution is 5.79. The van der Waals surface area contributed by atoms with Crippen LogP contribution in [0.25, 0.3) is 0 Å². The van der Waals surface area contributed by atoms with Gasteiger partial charge >= 0.3 is 0 Å². The van der Waals surface area contributed by atoms with Crippen molar-refractivity contribution in [3.05, 3.63) is 59.4 Å². The number of ether oxygens (including phenoxy) is 2. The standard InChI is InChI=1S/C18H20FNO3/c1-12(14-6-4-5-7-15(14)19)20-18(21)11-13-8-9-16(22-2)17(10-13)23-3/h4-10,12H,11H2,1-3H3,(H,20,21). The van der Waals surface area contributed by atoms with E-state index >= 15 is 0 Å². The average Bonchev–Trinajstić information content (AvgIpc) is 2.54. The van der Waals surface area contributed by atoms with E-state index in [1.54, 1.807) is 57.5 Å². The molecule has 0 aliphatic heterocycles. The zero-order valence-electron chi connectivity index (χ0n) is 13.4. The van der Waals surface area contributed by atoms with Crippen LogP contribution in [-0.4, -0.2) is 20.1 Å². The molecule has 122 valence electrons. The molecule has 0 heterocycles. The van der Waals surface area contributed by atoms with Crippen molar-refractivity contribution < 1.29 is 18.7 Å². The summed E-state index contributed by atoms with van der Waals surface area (Å²) in [4.78, 5) is 12.2. The van der Waals surface area contributed by atoms with Gasteiger partial charge in [-0.15, -0.1) is 0 Å². The molecule has 0 aromatic heterocycles. The second-order valence-corrected chi connectivity index (χ2v) is 5.18. The summed E-state index contributed by atoms with van der Waals surface area (Å²) in [5.74, 6) is 0.663. The van der Waals surface area contributed by atoms with Crippen molar-refractivity contribution in [1.82, 2.24) is 5.32 Å². The van der Waals surface area contributed by atoms with E-state index < -0.39 is 6.04 Å². The van der Waals surface area contributed by atoms with E-state index in [2.05, 4.69) is 5.32 Å². The van der Waals surface area contributed by atoms with Crippen molar-refractivity contribution in [2.75, 3.05) is 14.2 Å². The van der Waals surface area contributed by atoms with Crippen LogP contribution in [0.1, 0.15) is 24.1 Å². The molecule has 1 unspecified atom stereocenters. The summed E-state index contributed by atoms with van der Waals surface area (Å²) in [6.07, 6.45) is 0.180. The molecule has 0 bridgehead atoms. The molecule has 5 heteroatoms. The maximum absolute atomic E-state index is 13.7. The molecule has 1 N–H and O–H groups in total. The molecule has 0 aliphatic rings. The maximum Gasteiger partial charge on any atom is 0.224 e. The Labute approximate surface area is 135 Å². The van der Waals surface area contributed by atoms with Gasteiger partial charge in [0.1, 0.15) is 5.82 Å². The topological polar surface area (TPSA) is 47.6 Å². The molecule has 0 radical (unpaired) electrons. The van der Waals surface area contributed by atoms with Crippen molar-refractivity contribution >= 4 is 5.91 Å². The van der Waals surface area contributed by atoms with Crippen LogP contribution < -0.4 is 14.8 Å². The van der Waals surface area contributed by atoms with Gasteiger partial charge in [0.2, 0.25) is 5.91 Å². The Morgan fingerprint density at radius 1 is 1.13 bits per heavy atom. The molecular weight excluding hydrogens is 297 g/mol. The second kappa shape index (κ2) is 7.63. The number of rotatable bonds is 6. The molecule has 4 nitrogen and oxygen atoms in total. The van der Waals surface area contributed by atoms with Crippen LogP contribution in [0, 0.1) is 5.82 Å². The molecule has 0 saturated carbocycles. The largest absolute Gasteiger partial charge is 0.493 e. The van der Waals surface area contributed by atoms with Gasteiger partial charge in [-0.25, -0.2) is 4.39 Å². The number of halogens is 1. The fraction of sp³-hybridized carbons (Fsp3) is 0.278. The minimum absolute atomic E-state index is 0.180. The number of methoxy groups -OCH3 is 2. The van der Waals surface area contributed by atoms with Gasteiger partial charge in [0.25, 0.3) is 0 Å². The van der Waals surface area contributed by atoms with Crippen molar-refractivity contribution in [3.8, 4) is 11.5 Å². The van der Waals surface area contributed by atoms with Gasteiger partial charge in [0, 0.05) is 5.56 Å². The lowest BCUT2D eigenvalue weighted by atomic mass is 10.1. The Morgan fingerprint density at radius 3 is 2.48 bits per heavy atom. The van der Waals surface area contributed by atoms with Crippen LogP contribution in [0.15, 0.2) is 42.5 Å². The van der Waals surface area contributed by atoms with Crippen molar-refractivity contribution in [1.29, 1.82) is 0 Å². The van der Waals surface area contributed by atoms with Gasteiger partial charge in [0.05, 0.1) is 26.7 Å². The fourth-order valence-corrected chi connectivity index (χ4v) is 2.37. The lowest BCUT2D eigenvalue weighted by molar-refractivity contribution is -0.121. The molecule has 0 fully saturated rings. The number of amides is 1. The summed E-state index contributed by atoms with van der Waals surface area (Å²) in [5.41, 5.74) is 1.26. The molecule has 0 aliphatic carbocycles. The number of hydrogen-bond acceptors (Lipinski definition) is 3. The number of benzene rings is 2. The van der Waals surface area contributed by atoms with E-state index in [4.69, 9.17) is 9.47 Å². The van der Waals surface area contributed by atoms with E-state index in [1.807, 2.05) is 0 Å². The second-order valence-electron chi connectivity index (χ2n) is 5.18. The van der Waals surface area contributed by atoms with E-state index in [0.29, 0.717) is 17.1 Å². The summed E-state index contributed by atoms with van der Waals surface area (Å²) in [6, 6.07) is 11.3. The summed E-state index contributed by atoms with van der Waals surface area (Å²) >= 11 is 0. The smallest absolute Gasteiger partial charge is 0.224 e. The SMILES string of the molecule is COc1ccc(CC(=O)NC(C)c2ccccc2F)cc1OC. The van der Waals surface area contributed by atoms with Gasteiger partial charge in [-0.2, -0.15) is 0 Å². The third-order valence-corrected chi connectivity index (χ3v) is 3.56. The Kier molecular flexibility index (Phi) is 5.57.